The first kappa shape index (κ1) is 15.1. The van der Waals surface area contributed by atoms with Crippen molar-refractivity contribution in [1.82, 2.24) is 0 Å². The van der Waals surface area contributed by atoms with Gasteiger partial charge in [0, 0.05) is 12.1 Å². The molecule has 110 valence electrons. The molecule has 2 rings (SSSR count). The molecule has 1 amide bonds. The number of nitrogens with one attached hydrogen (secondary N) is 1. The largest absolute Gasteiger partial charge is 0.491 e. The summed E-state index contributed by atoms with van der Waals surface area (Å²) < 4.78 is 5.57. The van der Waals surface area contributed by atoms with Crippen molar-refractivity contribution in [2.24, 2.45) is 0 Å². The van der Waals surface area contributed by atoms with Crippen molar-refractivity contribution >= 4 is 11.6 Å². The van der Waals surface area contributed by atoms with E-state index in [0.29, 0.717) is 6.42 Å². The third-order valence-electron chi connectivity index (χ3n) is 2.99. The van der Waals surface area contributed by atoms with Crippen molar-refractivity contribution in [3.63, 3.8) is 0 Å². The summed E-state index contributed by atoms with van der Waals surface area (Å²) in [5.41, 5.74) is 1.97. The molecule has 0 spiro atoms. The Labute approximate surface area is 126 Å². The fourth-order valence-electron chi connectivity index (χ4n) is 2.02. The second-order valence-corrected chi connectivity index (χ2v) is 5.22. The molecule has 0 fully saturated rings. The smallest absolute Gasteiger partial charge is 0.224 e. The molecule has 3 heteroatoms. The van der Waals surface area contributed by atoms with Gasteiger partial charge in [-0.05, 0) is 50.1 Å². The summed E-state index contributed by atoms with van der Waals surface area (Å²) in [6.45, 7) is 3.97. The van der Waals surface area contributed by atoms with Crippen molar-refractivity contribution < 1.29 is 9.53 Å². The number of benzene rings is 2. The Kier molecular flexibility index (Phi) is 5.38. The topological polar surface area (TPSA) is 38.3 Å². The van der Waals surface area contributed by atoms with E-state index in [0.717, 1.165) is 17.9 Å². The first-order chi connectivity index (χ1) is 10.1. The van der Waals surface area contributed by atoms with Crippen LogP contribution in [0.2, 0.25) is 0 Å². The van der Waals surface area contributed by atoms with Crippen molar-refractivity contribution in [2.75, 3.05) is 5.32 Å². The van der Waals surface area contributed by atoms with Gasteiger partial charge in [0.2, 0.25) is 5.91 Å². The maximum atomic E-state index is 11.9. The lowest BCUT2D eigenvalue weighted by Gasteiger charge is -2.10. The number of carbonyl (C=O) groups is 1. The van der Waals surface area contributed by atoms with Gasteiger partial charge in [0.25, 0.3) is 0 Å². The second-order valence-electron chi connectivity index (χ2n) is 5.22. The number of amides is 1. The highest BCUT2D eigenvalue weighted by Crippen LogP contribution is 2.17. The third-order valence-corrected chi connectivity index (χ3v) is 2.99. The van der Waals surface area contributed by atoms with Gasteiger partial charge in [0.1, 0.15) is 5.75 Å². The quantitative estimate of drug-likeness (QED) is 0.868. The Balaban J connectivity index is 1.82. The van der Waals surface area contributed by atoms with Gasteiger partial charge in [-0.25, -0.2) is 0 Å². The van der Waals surface area contributed by atoms with E-state index in [1.807, 2.05) is 68.4 Å². The van der Waals surface area contributed by atoms with Crippen LogP contribution in [0.15, 0.2) is 54.6 Å². The Morgan fingerprint density at radius 1 is 1.05 bits per heavy atom. The maximum Gasteiger partial charge on any atom is 0.224 e. The lowest BCUT2D eigenvalue weighted by Crippen LogP contribution is -2.12. The summed E-state index contributed by atoms with van der Waals surface area (Å²) in [6.07, 6.45) is 1.38. The van der Waals surface area contributed by atoms with Crippen LogP contribution in [-0.2, 0) is 11.2 Å². The van der Waals surface area contributed by atoms with E-state index in [4.69, 9.17) is 4.74 Å². The molecule has 0 aliphatic rings. The summed E-state index contributed by atoms with van der Waals surface area (Å²) in [5, 5.41) is 2.90. The van der Waals surface area contributed by atoms with Gasteiger partial charge in [-0.2, -0.15) is 0 Å². The summed E-state index contributed by atoms with van der Waals surface area (Å²) >= 11 is 0. The molecule has 2 aromatic rings. The van der Waals surface area contributed by atoms with E-state index in [-0.39, 0.29) is 12.0 Å². The van der Waals surface area contributed by atoms with Gasteiger partial charge in [0.05, 0.1) is 6.10 Å². The predicted molar refractivity (Wildman–Crippen MR) is 85.6 cm³/mol. The van der Waals surface area contributed by atoms with Crippen LogP contribution in [0.25, 0.3) is 0 Å². The number of ether oxygens (including phenoxy) is 1. The van der Waals surface area contributed by atoms with Gasteiger partial charge in [0.15, 0.2) is 0 Å². The standard InChI is InChI=1S/C18H21NO2/c1-14(2)21-17-11-9-16(10-12-17)19-18(20)13-8-15-6-4-3-5-7-15/h3-7,9-12,14H,8,13H2,1-2H3,(H,19,20). The zero-order chi connectivity index (χ0) is 15.1. The zero-order valence-corrected chi connectivity index (χ0v) is 12.5. The average molecular weight is 283 g/mol. The Morgan fingerprint density at radius 3 is 2.33 bits per heavy atom. The molecule has 21 heavy (non-hydrogen) atoms. The van der Waals surface area contributed by atoms with Crippen LogP contribution in [0.1, 0.15) is 25.8 Å². The minimum Gasteiger partial charge on any atom is -0.491 e. The molecule has 0 aromatic heterocycles. The van der Waals surface area contributed by atoms with Crippen LogP contribution in [0.4, 0.5) is 5.69 Å². The summed E-state index contributed by atoms with van der Waals surface area (Å²) in [4.78, 5) is 11.9. The number of hydrogen-bond acceptors (Lipinski definition) is 2. The Hall–Kier alpha value is -2.29. The lowest BCUT2D eigenvalue weighted by atomic mass is 10.1. The molecule has 0 aliphatic heterocycles. The summed E-state index contributed by atoms with van der Waals surface area (Å²) in [5.74, 6) is 0.837. The average Bonchev–Trinajstić information content (AvgIpc) is 2.48. The Bertz CT molecular complexity index is 562. The number of aryl methyl sites for hydroxylation is 1. The van der Waals surface area contributed by atoms with Crippen LogP contribution >= 0.6 is 0 Å². The number of rotatable bonds is 6. The zero-order valence-electron chi connectivity index (χ0n) is 12.5. The summed E-state index contributed by atoms with van der Waals surface area (Å²) in [6, 6.07) is 17.5. The molecule has 0 heterocycles. The van der Waals surface area contributed by atoms with E-state index in [1.165, 1.54) is 5.56 Å². The SMILES string of the molecule is CC(C)Oc1ccc(NC(=O)CCc2ccccc2)cc1. The normalized spacial score (nSPS) is 10.4. The molecule has 0 aliphatic carbocycles. The fraction of sp³-hybridized carbons (Fsp3) is 0.278. The molecule has 0 atom stereocenters. The van der Waals surface area contributed by atoms with E-state index < -0.39 is 0 Å². The number of anilines is 1. The van der Waals surface area contributed by atoms with E-state index in [2.05, 4.69) is 5.32 Å². The van der Waals surface area contributed by atoms with Gasteiger partial charge >= 0.3 is 0 Å². The van der Waals surface area contributed by atoms with Crippen molar-refractivity contribution in [2.45, 2.75) is 32.8 Å². The van der Waals surface area contributed by atoms with Gasteiger partial charge in [-0.1, -0.05) is 30.3 Å². The van der Waals surface area contributed by atoms with Gasteiger partial charge < -0.3 is 10.1 Å². The van der Waals surface area contributed by atoms with Crippen LogP contribution in [-0.4, -0.2) is 12.0 Å². The molecular weight excluding hydrogens is 262 g/mol. The van der Waals surface area contributed by atoms with E-state index >= 15 is 0 Å². The van der Waals surface area contributed by atoms with Crippen LogP contribution in [0.5, 0.6) is 5.75 Å². The maximum absolute atomic E-state index is 11.9. The number of carbonyl (C=O) groups excluding carboxylic acids is 1. The van der Waals surface area contributed by atoms with E-state index in [1.54, 1.807) is 0 Å². The van der Waals surface area contributed by atoms with E-state index in [9.17, 15) is 4.79 Å². The lowest BCUT2D eigenvalue weighted by molar-refractivity contribution is -0.116. The monoisotopic (exact) mass is 283 g/mol. The molecule has 3 nitrogen and oxygen atoms in total. The van der Waals surface area contributed by atoms with Crippen LogP contribution in [0, 0.1) is 0 Å². The fourth-order valence-corrected chi connectivity index (χ4v) is 2.02. The minimum atomic E-state index is 0.0244. The first-order valence-electron chi connectivity index (χ1n) is 7.24. The molecule has 0 unspecified atom stereocenters. The van der Waals surface area contributed by atoms with Crippen LogP contribution < -0.4 is 10.1 Å². The molecule has 0 saturated carbocycles. The summed E-state index contributed by atoms with van der Waals surface area (Å²) in [7, 11) is 0. The second kappa shape index (κ2) is 7.48. The predicted octanol–water partition coefficient (Wildman–Crippen LogP) is 4.05. The molecular formula is C18H21NO2. The van der Waals surface area contributed by atoms with Crippen molar-refractivity contribution in [3.8, 4) is 5.75 Å². The molecule has 2 aromatic carbocycles. The Morgan fingerprint density at radius 2 is 1.71 bits per heavy atom. The van der Waals surface area contributed by atoms with Crippen molar-refractivity contribution in [3.05, 3.63) is 60.2 Å². The minimum absolute atomic E-state index is 0.0244. The van der Waals surface area contributed by atoms with Crippen molar-refractivity contribution in [1.29, 1.82) is 0 Å². The van der Waals surface area contributed by atoms with Gasteiger partial charge in [-0.3, -0.25) is 4.79 Å². The van der Waals surface area contributed by atoms with Crippen LogP contribution in [0.3, 0.4) is 0 Å². The molecule has 1 N–H and O–H groups in total. The van der Waals surface area contributed by atoms with Gasteiger partial charge in [-0.15, -0.1) is 0 Å². The molecule has 0 bridgehead atoms. The first-order valence-corrected chi connectivity index (χ1v) is 7.24. The molecule has 0 radical (unpaired) electrons. The molecule has 0 saturated heterocycles. The number of hydrogen-bond donors (Lipinski definition) is 1. The third kappa shape index (κ3) is 5.30. The highest BCUT2D eigenvalue weighted by atomic mass is 16.5. The highest BCUT2D eigenvalue weighted by molar-refractivity contribution is 5.90. The highest BCUT2D eigenvalue weighted by Gasteiger charge is 2.04.